The van der Waals surface area contributed by atoms with Gasteiger partial charge in [0.05, 0.1) is 35.1 Å². The Morgan fingerprint density at radius 3 is 2.76 bits per heavy atom. The molecule has 3 heterocycles. The van der Waals surface area contributed by atoms with E-state index in [1.165, 1.54) is 24.0 Å². The van der Waals surface area contributed by atoms with Gasteiger partial charge < -0.3 is 29.0 Å². The summed E-state index contributed by atoms with van der Waals surface area (Å²) < 4.78 is 10.2. The van der Waals surface area contributed by atoms with Crippen molar-refractivity contribution in [1.29, 1.82) is 0 Å². The molecule has 0 unspecified atom stereocenters. The molecule has 1 saturated carbocycles. The summed E-state index contributed by atoms with van der Waals surface area (Å²) in [5.41, 5.74) is 5.08. The molecule has 4 aromatic rings. The highest BCUT2D eigenvalue weighted by Crippen LogP contribution is 2.41. The Morgan fingerprint density at radius 1 is 1.18 bits per heavy atom. The number of carboxylic acids is 1. The number of aliphatic hydroxyl groups excluding tert-OH is 1. The zero-order valence-corrected chi connectivity index (χ0v) is 19.2. The first-order valence-corrected chi connectivity index (χ1v) is 11.9. The normalized spacial score (nSPS) is 15.4. The van der Waals surface area contributed by atoms with Gasteiger partial charge in [0.2, 0.25) is 0 Å². The lowest BCUT2D eigenvalue weighted by Crippen LogP contribution is -2.33. The van der Waals surface area contributed by atoms with E-state index in [1.807, 2.05) is 0 Å². The van der Waals surface area contributed by atoms with Gasteiger partial charge in [-0.25, -0.2) is 9.78 Å². The maximum absolute atomic E-state index is 11.7. The Bertz CT molecular complexity index is 1420. The number of carbonyl (C=O) groups is 1. The fraction of sp³-hybridized carbons (Fsp3) is 0.385. The summed E-state index contributed by atoms with van der Waals surface area (Å²) in [6, 6.07) is 11.8. The zero-order chi connectivity index (χ0) is 23.4. The molecule has 2 N–H and O–H groups in total. The molecule has 1 aliphatic carbocycles. The van der Waals surface area contributed by atoms with E-state index in [1.54, 1.807) is 19.2 Å². The minimum Gasteiger partial charge on any atom is -0.494 e. The number of hydrogen-bond donors (Lipinski definition) is 2. The van der Waals surface area contributed by atoms with E-state index >= 15 is 0 Å². The summed E-state index contributed by atoms with van der Waals surface area (Å²) in [5.74, 6) is 1.01. The highest BCUT2D eigenvalue weighted by molar-refractivity contribution is 5.99. The molecule has 0 amide bonds. The third-order valence-electron chi connectivity index (χ3n) is 7.06. The van der Waals surface area contributed by atoms with Gasteiger partial charge in [0.15, 0.2) is 5.82 Å². The molecular weight excluding hydrogens is 432 g/mol. The van der Waals surface area contributed by atoms with Crippen molar-refractivity contribution in [3.8, 4) is 17.3 Å². The monoisotopic (exact) mass is 460 g/mol. The molecule has 1 aliphatic heterocycles. The number of benzene rings is 2. The second kappa shape index (κ2) is 8.06. The Kier molecular flexibility index (Phi) is 4.99. The summed E-state index contributed by atoms with van der Waals surface area (Å²) in [6.45, 7) is 3.54. The molecule has 0 spiro atoms. The van der Waals surface area contributed by atoms with Gasteiger partial charge in [0.25, 0.3) is 0 Å². The number of anilines is 1. The molecule has 2 aromatic heterocycles. The van der Waals surface area contributed by atoms with E-state index in [9.17, 15) is 15.0 Å². The first-order valence-electron chi connectivity index (χ1n) is 11.9. The second-order valence-electron chi connectivity index (χ2n) is 9.30. The summed E-state index contributed by atoms with van der Waals surface area (Å²) in [6.07, 6.45) is 3.13. The molecule has 6 rings (SSSR count). The predicted molar refractivity (Wildman–Crippen MR) is 131 cm³/mol. The third kappa shape index (κ3) is 3.32. The fourth-order valence-corrected chi connectivity index (χ4v) is 5.25. The molecule has 0 bridgehead atoms. The predicted octanol–water partition coefficient (Wildman–Crippen LogP) is 3.98. The van der Waals surface area contributed by atoms with Crippen LogP contribution in [-0.2, 0) is 13.1 Å². The topological polar surface area (TPSA) is 92.8 Å². The Morgan fingerprint density at radius 2 is 2.03 bits per heavy atom. The first-order chi connectivity index (χ1) is 16.6. The Hall–Kier alpha value is -3.52. The van der Waals surface area contributed by atoms with Crippen molar-refractivity contribution in [3.05, 3.63) is 42.0 Å². The van der Waals surface area contributed by atoms with Crippen LogP contribution in [-0.4, -0.2) is 57.1 Å². The van der Waals surface area contributed by atoms with Gasteiger partial charge in [-0.15, -0.1) is 0 Å². The number of aromatic nitrogens is 3. The fourth-order valence-electron chi connectivity index (χ4n) is 5.25. The quantitative estimate of drug-likeness (QED) is 0.413. The van der Waals surface area contributed by atoms with E-state index < -0.39 is 5.97 Å². The van der Waals surface area contributed by atoms with Crippen molar-refractivity contribution in [1.82, 2.24) is 14.1 Å². The molecule has 176 valence electrons. The van der Waals surface area contributed by atoms with Gasteiger partial charge in [-0.1, -0.05) is 12.1 Å². The number of imidazole rings is 1. The molecule has 8 heteroatoms. The molecule has 0 radical (unpaired) electrons. The van der Waals surface area contributed by atoms with E-state index in [2.05, 4.69) is 38.3 Å². The smallest absolute Gasteiger partial charge is 0.335 e. The Balaban J connectivity index is 1.58. The summed E-state index contributed by atoms with van der Waals surface area (Å²) >= 11 is 0. The minimum atomic E-state index is -0.991. The van der Waals surface area contributed by atoms with Crippen LogP contribution in [0.15, 0.2) is 36.4 Å². The van der Waals surface area contributed by atoms with Crippen LogP contribution in [0, 0.1) is 5.92 Å². The van der Waals surface area contributed by atoms with Crippen LogP contribution in [0.4, 0.5) is 5.69 Å². The van der Waals surface area contributed by atoms with Crippen molar-refractivity contribution in [2.45, 2.75) is 32.4 Å². The number of ether oxygens (including phenoxy) is 1. The molecule has 0 saturated heterocycles. The van der Waals surface area contributed by atoms with Crippen molar-refractivity contribution >= 4 is 33.6 Å². The number of methoxy groups -OCH3 is 1. The van der Waals surface area contributed by atoms with Crippen LogP contribution in [0.2, 0.25) is 0 Å². The molecule has 1 fully saturated rings. The number of aliphatic hydroxyl groups is 1. The van der Waals surface area contributed by atoms with Gasteiger partial charge in [-0.05, 0) is 49.4 Å². The number of rotatable bonds is 8. The number of carboxylic acid groups (broad SMARTS) is 1. The van der Waals surface area contributed by atoms with E-state index in [-0.39, 0.29) is 12.2 Å². The maximum Gasteiger partial charge on any atom is 0.335 e. The summed E-state index contributed by atoms with van der Waals surface area (Å²) in [7, 11) is 1.58. The van der Waals surface area contributed by atoms with Gasteiger partial charge in [0, 0.05) is 38.2 Å². The summed E-state index contributed by atoms with van der Waals surface area (Å²) in [4.78, 5) is 19.1. The lowest BCUT2D eigenvalue weighted by atomic mass is 10.1. The third-order valence-corrected chi connectivity index (χ3v) is 7.06. The van der Waals surface area contributed by atoms with E-state index in [0.29, 0.717) is 17.2 Å². The van der Waals surface area contributed by atoms with Crippen molar-refractivity contribution < 1.29 is 19.7 Å². The second-order valence-corrected chi connectivity index (χ2v) is 9.30. The highest BCUT2D eigenvalue weighted by Gasteiger charge is 2.29. The number of hydrogen-bond acceptors (Lipinski definition) is 5. The number of fused-ring (bicyclic) bond motifs is 1. The molecule has 34 heavy (non-hydrogen) atoms. The molecule has 0 atom stereocenters. The average Bonchev–Trinajstić information content (AvgIpc) is 3.48. The zero-order valence-electron chi connectivity index (χ0n) is 19.2. The van der Waals surface area contributed by atoms with Crippen molar-refractivity contribution in [3.63, 3.8) is 0 Å². The molecule has 2 aromatic carbocycles. The number of aromatic carboxylic acids is 1. The van der Waals surface area contributed by atoms with Crippen LogP contribution in [0.5, 0.6) is 5.75 Å². The SMILES string of the molecule is COc1cc(C(=O)O)cc2nc(-c3cc4cccc5c4n3CCN5CCCO)n(CC3CC3)c12. The molecule has 2 aliphatic rings. The van der Waals surface area contributed by atoms with Gasteiger partial charge in [0.1, 0.15) is 11.3 Å². The van der Waals surface area contributed by atoms with Crippen molar-refractivity contribution in [2.24, 2.45) is 5.92 Å². The van der Waals surface area contributed by atoms with Gasteiger partial charge in [-0.2, -0.15) is 0 Å². The van der Waals surface area contributed by atoms with Crippen LogP contribution in [0.1, 0.15) is 29.6 Å². The molecular formula is C26H28N4O4. The largest absolute Gasteiger partial charge is 0.494 e. The Labute approximate surface area is 197 Å². The lowest BCUT2D eigenvalue weighted by Gasteiger charge is -2.31. The number of para-hydroxylation sites is 1. The van der Waals surface area contributed by atoms with E-state index in [4.69, 9.17) is 9.72 Å². The summed E-state index contributed by atoms with van der Waals surface area (Å²) in [5, 5.41) is 20.1. The minimum absolute atomic E-state index is 0.176. The standard InChI is InChI=1S/C26H28N4O4/c1-34-22-14-18(26(32)33)12-19-24(22)30(15-16-6-7-16)25(27-19)21-13-17-4-2-5-20-23(17)29(21)10-9-28(20)8-3-11-31/h2,4-5,12-14,16,31H,3,6-11,15H2,1H3,(H,32,33). The van der Waals surface area contributed by atoms with Gasteiger partial charge >= 0.3 is 5.97 Å². The van der Waals surface area contributed by atoms with Crippen LogP contribution < -0.4 is 9.64 Å². The molecule has 8 nitrogen and oxygen atoms in total. The van der Waals surface area contributed by atoms with Crippen molar-refractivity contribution in [2.75, 3.05) is 31.7 Å². The number of nitrogens with zero attached hydrogens (tertiary/aromatic N) is 4. The highest BCUT2D eigenvalue weighted by atomic mass is 16.5. The maximum atomic E-state index is 11.7. The first kappa shape index (κ1) is 21.0. The van der Waals surface area contributed by atoms with E-state index in [0.717, 1.165) is 55.0 Å². The van der Waals surface area contributed by atoms with Gasteiger partial charge in [-0.3, -0.25) is 0 Å². The lowest BCUT2D eigenvalue weighted by molar-refractivity contribution is 0.0696. The van der Waals surface area contributed by atoms with Crippen LogP contribution >= 0.6 is 0 Å². The van der Waals surface area contributed by atoms with Crippen LogP contribution in [0.25, 0.3) is 33.5 Å². The van der Waals surface area contributed by atoms with Crippen LogP contribution in [0.3, 0.4) is 0 Å². The average molecular weight is 461 g/mol.